The summed E-state index contributed by atoms with van der Waals surface area (Å²) in [6, 6.07) is 52.5. The molecule has 10 rings (SSSR count). The Bertz CT molecular complexity index is 3320. The van der Waals surface area contributed by atoms with Gasteiger partial charge in [0.2, 0.25) is 0 Å². The number of hydrogen-bond donors (Lipinski definition) is 0. The number of aromatic nitrogens is 3. The number of aryl methyl sites for hydroxylation is 1. The van der Waals surface area contributed by atoms with E-state index < -0.39 is 19.1 Å². The number of fused-ring (bicyclic) bond motifs is 7. The molecule has 0 unspecified atom stereocenters. The summed E-state index contributed by atoms with van der Waals surface area (Å²) >= 11 is 1.66. The Hall–Kier alpha value is -5.45. The van der Waals surface area contributed by atoms with Crippen molar-refractivity contribution in [3.8, 4) is 28.3 Å². The number of nitrogens with zero attached hydrogens (tertiary/aromatic N) is 3. The summed E-state index contributed by atoms with van der Waals surface area (Å²) in [7, 11) is 0. The van der Waals surface area contributed by atoms with Crippen LogP contribution in [0.5, 0.6) is 0 Å². The molecular weight excluding hydrogens is 927 g/mol. The fourth-order valence-electron chi connectivity index (χ4n) is 8.19. The first-order valence-corrected chi connectivity index (χ1v) is 21.2. The van der Waals surface area contributed by atoms with Crippen LogP contribution in [0.25, 0.3) is 81.1 Å². The normalized spacial score (nSPS) is 13.3. The van der Waals surface area contributed by atoms with E-state index in [0.717, 1.165) is 48.2 Å². The third-order valence-electron chi connectivity index (χ3n) is 11.0. The van der Waals surface area contributed by atoms with Gasteiger partial charge in [-0.25, -0.2) is 0 Å². The van der Waals surface area contributed by atoms with Gasteiger partial charge in [0.25, 0.3) is 0 Å². The molecule has 0 saturated heterocycles. The van der Waals surface area contributed by atoms with Crippen LogP contribution in [0.15, 0.2) is 140 Å². The molecule has 0 spiro atoms. The van der Waals surface area contributed by atoms with Crippen molar-refractivity contribution in [3.63, 3.8) is 0 Å². The van der Waals surface area contributed by atoms with Gasteiger partial charge < -0.3 is 9.55 Å². The average Bonchev–Trinajstić information content (AvgIpc) is 3.86. The number of imidazole rings is 1. The van der Waals surface area contributed by atoms with Crippen LogP contribution < -0.4 is 0 Å². The second-order valence-electron chi connectivity index (χ2n) is 16.1. The Balaban J connectivity index is 0.000000183. The van der Waals surface area contributed by atoms with Crippen LogP contribution in [0.1, 0.15) is 82.5 Å². The predicted octanol–water partition coefficient (Wildman–Crippen LogP) is 15.5. The maximum Gasteiger partial charge on any atom is 0.0774 e. The molecule has 0 aliphatic heterocycles. The van der Waals surface area contributed by atoms with Crippen LogP contribution in [-0.4, -0.2) is 14.5 Å². The van der Waals surface area contributed by atoms with Crippen molar-refractivity contribution < 1.29 is 27.0 Å². The zero-order valence-electron chi connectivity index (χ0n) is 39.6. The third-order valence-corrected chi connectivity index (χ3v) is 12.2. The molecule has 0 bridgehead atoms. The van der Waals surface area contributed by atoms with Gasteiger partial charge in [0.15, 0.2) is 0 Å². The molecule has 0 aliphatic carbocycles. The summed E-state index contributed by atoms with van der Waals surface area (Å²) in [4.78, 5) is 9.51. The van der Waals surface area contributed by atoms with Gasteiger partial charge in [0.05, 0.1) is 16.9 Å². The van der Waals surface area contributed by atoms with Gasteiger partial charge in [-0.05, 0) is 109 Å². The number of pyridine rings is 1. The maximum absolute atomic E-state index is 8.68. The second-order valence-corrected chi connectivity index (χ2v) is 17.2. The number of hydrogen-bond acceptors (Lipinski definition) is 3. The summed E-state index contributed by atoms with van der Waals surface area (Å²) in [5, 5.41) is 7.03. The molecular formula is C55H49IrN3S-2. The third kappa shape index (κ3) is 7.71. The Kier molecular flexibility index (Phi) is 10.2. The van der Waals surface area contributed by atoms with Gasteiger partial charge >= 0.3 is 0 Å². The Morgan fingerprint density at radius 2 is 1.45 bits per heavy atom. The number of para-hydroxylation sites is 3. The first kappa shape index (κ1) is 35.3. The molecule has 5 heteroatoms. The van der Waals surface area contributed by atoms with Crippen LogP contribution in [-0.2, 0) is 26.5 Å². The van der Waals surface area contributed by atoms with Crippen LogP contribution >= 0.6 is 11.3 Å². The maximum atomic E-state index is 8.68. The molecule has 60 heavy (non-hydrogen) atoms. The minimum atomic E-state index is -2.46. The van der Waals surface area contributed by atoms with Gasteiger partial charge in [-0.15, -0.1) is 59.7 Å². The number of thiophene rings is 1. The molecule has 0 amide bonds. The van der Waals surface area contributed by atoms with Crippen LogP contribution in [0.3, 0.4) is 0 Å². The van der Waals surface area contributed by atoms with E-state index in [4.69, 9.17) is 11.8 Å². The monoisotopic (exact) mass is 981 g/mol. The smallest absolute Gasteiger partial charge is 0.0774 e. The standard InChI is InChI=1S/C30H24NS.C25H25N2.Ir/c1-18(2)13-22-15-28(31-17-19(22)3)25-10-6-9-24-27-14-21-12-11-20-7-4-5-8-23(20)26(21)16-29(27)32-30(24)25;1-17(2)20-13-10-14-21(18(3)4)24(20)27-23-16-9-8-15-22(23)26-25(27)19-11-6-5-7-12-19;/h4-9,11-12,14-18H,13H2,1-3H3;5-11,13-18H,1-4H3;/q2*-1;/i3D3,13D2;;. The van der Waals surface area contributed by atoms with E-state index in [2.05, 4.69) is 153 Å². The van der Waals surface area contributed by atoms with Crippen molar-refractivity contribution in [1.82, 2.24) is 14.5 Å². The van der Waals surface area contributed by atoms with Gasteiger partial charge in [0.1, 0.15) is 0 Å². The first-order chi connectivity index (χ1) is 30.6. The molecule has 3 heterocycles. The SMILES string of the molecule is CC(C)c1cccc(C(C)C)c1-n1c(-c2[c-]cccc2)nc2ccccc21.[2H]C([2H])([2H])c1cnc(-c2[c-]ccc3c2sc2cc4c(ccc5ccccc54)cc23)cc1C([2H])([2H])C(C)C.[Ir]. The molecule has 3 aromatic heterocycles. The summed E-state index contributed by atoms with van der Waals surface area (Å²) in [6.45, 7) is 10.1. The minimum Gasteiger partial charge on any atom is -0.333 e. The fourth-order valence-corrected chi connectivity index (χ4v) is 9.42. The molecule has 0 aliphatic rings. The fraction of sp³-hybridized carbons (Fsp3) is 0.200. The van der Waals surface area contributed by atoms with Crippen molar-refractivity contribution in [3.05, 3.63) is 174 Å². The van der Waals surface area contributed by atoms with E-state index in [-0.39, 0.29) is 31.2 Å². The summed E-state index contributed by atoms with van der Waals surface area (Å²) in [5.74, 6) is 1.39. The van der Waals surface area contributed by atoms with Gasteiger partial charge in [-0.2, -0.15) is 11.3 Å². The van der Waals surface area contributed by atoms with Crippen LogP contribution in [0.2, 0.25) is 0 Å². The molecule has 301 valence electrons. The minimum absolute atomic E-state index is 0. The van der Waals surface area contributed by atoms with E-state index in [1.165, 1.54) is 44.6 Å². The van der Waals surface area contributed by atoms with Crippen LogP contribution in [0.4, 0.5) is 0 Å². The molecule has 0 fully saturated rings. The number of rotatable bonds is 7. The van der Waals surface area contributed by atoms with Gasteiger partial charge in [-0.3, -0.25) is 4.98 Å². The quantitative estimate of drug-likeness (QED) is 0.118. The van der Waals surface area contributed by atoms with Crippen molar-refractivity contribution in [2.45, 2.75) is 66.6 Å². The average molecular weight is 981 g/mol. The molecule has 0 N–H and O–H groups in total. The Morgan fingerprint density at radius 1 is 0.700 bits per heavy atom. The van der Waals surface area contributed by atoms with E-state index >= 15 is 0 Å². The molecule has 0 atom stereocenters. The summed E-state index contributed by atoms with van der Waals surface area (Å²) in [5.41, 5.74) is 8.53. The zero-order valence-corrected chi connectivity index (χ0v) is 37.8. The Morgan fingerprint density at radius 3 is 2.20 bits per heavy atom. The van der Waals surface area contributed by atoms with E-state index in [0.29, 0.717) is 17.5 Å². The summed E-state index contributed by atoms with van der Waals surface area (Å²) in [6.07, 6.45) is -0.507. The first-order valence-electron chi connectivity index (χ1n) is 22.9. The van der Waals surface area contributed by atoms with Crippen molar-refractivity contribution in [2.75, 3.05) is 0 Å². The topological polar surface area (TPSA) is 30.7 Å². The largest absolute Gasteiger partial charge is 0.333 e. The molecule has 1 radical (unpaired) electrons. The van der Waals surface area contributed by atoms with Crippen molar-refractivity contribution in [2.24, 2.45) is 5.92 Å². The molecule has 3 nitrogen and oxygen atoms in total. The van der Waals surface area contributed by atoms with Crippen molar-refractivity contribution in [1.29, 1.82) is 0 Å². The van der Waals surface area contributed by atoms with Gasteiger partial charge in [0, 0.05) is 43.5 Å². The van der Waals surface area contributed by atoms with Crippen LogP contribution in [0, 0.1) is 24.9 Å². The predicted molar refractivity (Wildman–Crippen MR) is 253 cm³/mol. The number of benzene rings is 7. The van der Waals surface area contributed by atoms with Crippen molar-refractivity contribution >= 4 is 64.1 Å². The van der Waals surface area contributed by atoms with E-state index in [1.54, 1.807) is 31.3 Å². The van der Waals surface area contributed by atoms with Gasteiger partial charge in [-0.1, -0.05) is 125 Å². The molecule has 10 aromatic rings. The van der Waals surface area contributed by atoms with E-state index in [9.17, 15) is 0 Å². The molecule has 0 saturated carbocycles. The summed E-state index contributed by atoms with van der Waals surface area (Å²) < 4.78 is 45.7. The zero-order chi connectivity index (χ0) is 45.1. The second kappa shape index (κ2) is 17.3. The van der Waals surface area contributed by atoms with E-state index in [1.807, 2.05) is 24.3 Å². The molecule has 7 aromatic carbocycles. The Labute approximate surface area is 378 Å².